The SMILES string of the molecule is CCCCCC(=O)[NH][Zr+2]([C]1=CC(C)=CC1)[SiH](C)C.[Cl-].[Cl-]. The first-order chi connectivity index (χ1) is 8.54. The molecule has 0 radical (unpaired) electrons. The topological polar surface area (TPSA) is 29.1 Å². The van der Waals surface area contributed by atoms with Crippen molar-refractivity contribution in [2.45, 2.75) is 59.0 Å². The maximum atomic E-state index is 12.0. The van der Waals surface area contributed by atoms with E-state index in [0.29, 0.717) is 5.91 Å². The van der Waals surface area contributed by atoms with Gasteiger partial charge in [0, 0.05) is 0 Å². The summed E-state index contributed by atoms with van der Waals surface area (Å²) >= 11 is -1.78. The van der Waals surface area contributed by atoms with Crippen LogP contribution in [0.15, 0.2) is 21.0 Å². The average molecular weight is 415 g/mol. The molecule has 0 heterocycles. The third kappa shape index (κ3) is 8.17. The minimum atomic E-state index is -1.78. The Bertz CT molecular complexity index is 359. The fourth-order valence-corrected chi connectivity index (χ4v) is 16.1. The van der Waals surface area contributed by atoms with Crippen LogP contribution in [0.4, 0.5) is 0 Å². The van der Waals surface area contributed by atoms with Gasteiger partial charge in [-0.05, 0) is 0 Å². The zero-order valence-electron chi connectivity index (χ0n) is 12.9. The first kappa shape index (κ1) is 22.9. The van der Waals surface area contributed by atoms with Crippen LogP contribution in [0.3, 0.4) is 0 Å². The predicted octanol–water partition coefficient (Wildman–Crippen LogP) is -2.56. The molecule has 0 bridgehead atoms. The molecule has 0 spiro atoms. The second-order valence-corrected chi connectivity index (χ2v) is 23.9. The van der Waals surface area contributed by atoms with E-state index >= 15 is 0 Å². The van der Waals surface area contributed by atoms with E-state index in [1.54, 1.807) is 3.28 Å². The fraction of sp³-hybridized carbons (Fsp3) is 0.643. The number of halogens is 2. The van der Waals surface area contributed by atoms with Crippen molar-refractivity contribution in [2.75, 3.05) is 0 Å². The molecule has 0 atom stereocenters. The molecule has 0 saturated carbocycles. The van der Waals surface area contributed by atoms with Crippen LogP contribution in [0, 0.1) is 0 Å². The molecule has 1 aliphatic carbocycles. The van der Waals surface area contributed by atoms with Gasteiger partial charge < -0.3 is 24.8 Å². The number of rotatable bonds is 7. The number of unbranched alkanes of at least 4 members (excludes halogenated alkanes) is 2. The van der Waals surface area contributed by atoms with Gasteiger partial charge in [0.1, 0.15) is 0 Å². The van der Waals surface area contributed by atoms with E-state index in [1.807, 2.05) is 0 Å². The Morgan fingerprint density at radius 1 is 1.35 bits per heavy atom. The van der Waals surface area contributed by atoms with Gasteiger partial charge in [0.15, 0.2) is 0 Å². The molecule has 1 aliphatic rings. The van der Waals surface area contributed by atoms with Gasteiger partial charge in [-0.3, -0.25) is 0 Å². The molecule has 0 fully saturated rings. The second-order valence-electron chi connectivity index (χ2n) is 5.40. The molecule has 0 aliphatic heterocycles. The molecular formula is C14H26Cl2NOSiZr. The van der Waals surface area contributed by atoms with E-state index in [2.05, 4.69) is 42.4 Å². The van der Waals surface area contributed by atoms with Crippen LogP contribution in [0.1, 0.15) is 46.0 Å². The van der Waals surface area contributed by atoms with Crippen LogP contribution in [0.5, 0.6) is 0 Å². The van der Waals surface area contributed by atoms with Crippen LogP contribution < -0.4 is 28.1 Å². The molecule has 1 N–H and O–H groups in total. The van der Waals surface area contributed by atoms with Gasteiger partial charge in [0.2, 0.25) is 0 Å². The number of hydrogen-bond donors (Lipinski definition) is 1. The van der Waals surface area contributed by atoms with Gasteiger partial charge >= 0.3 is 121 Å². The van der Waals surface area contributed by atoms with Gasteiger partial charge in [-0.15, -0.1) is 0 Å². The van der Waals surface area contributed by atoms with Crippen LogP contribution in [-0.4, -0.2) is 11.8 Å². The normalized spacial score (nSPS) is 13.1. The monoisotopic (exact) mass is 412 g/mol. The number of nitrogens with one attached hydrogen (secondary N) is 1. The van der Waals surface area contributed by atoms with E-state index in [0.717, 1.165) is 19.3 Å². The molecule has 0 aromatic heterocycles. The van der Waals surface area contributed by atoms with Crippen molar-refractivity contribution in [1.82, 2.24) is 3.26 Å². The maximum Gasteiger partial charge on any atom is -1.00 e. The van der Waals surface area contributed by atoms with Crippen LogP contribution in [0.2, 0.25) is 13.1 Å². The Kier molecular flexibility index (Phi) is 14.0. The zero-order valence-corrected chi connectivity index (χ0v) is 18.1. The number of hydrogen-bond acceptors (Lipinski definition) is 1. The van der Waals surface area contributed by atoms with Crippen molar-refractivity contribution in [3.8, 4) is 0 Å². The Morgan fingerprint density at radius 3 is 2.45 bits per heavy atom. The third-order valence-corrected chi connectivity index (χ3v) is 19.9. The van der Waals surface area contributed by atoms with E-state index in [-0.39, 0.29) is 24.8 Å². The minimum Gasteiger partial charge on any atom is -1.00 e. The molecular weight excluding hydrogens is 388 g/mol. The maximum absolute atomic E-state index is 12.0. The van der Waals surface area contributed by atoms with Gasteiger partial charge in [-0.25, -0.2) is 0 Å². The molecule has 0 aromatic carbocycles. The summed E-state index contributed by atoms with van der Waals surface area (Å²) in [5.41, 5.74) is 1.39. The molecule has 2 nitrogen and oxygen atoms in total. The van der Waals surface area contributed by atoms with Gasteiger partial charge in [0.05, 0.1) is 0 Å². The molecule has 115 valence electrons. The van der Waals surface area contributed by atoms with E-state index in [1.165, 1.54) is 18.4 Å². The minimum absolute atomic E-state index is 0. The van der Waals surface area contributed by atoms with Crippen LogP contribution in [0.25, 0.3) is 0 Å². The summed E-state index contributed by atoms with van der Waals surface area (Å²) < 4.78 is 5.07. The Hall–Kier alpha value is 0.630. The van der Waals surface area contributed by atoms with Crippen molar-refractivity contribution in [2.24, 2.45) is 0 Å². The first-order valence-electron chi connectivity index (χ1n) is 7.09. The molecule has 6 heteroatoms. The van der Waals surface area contributed by atoms with Gasteiger partial charge in [-0.2, -0.15) is 0 Å². The summed E-state index contributed by atoms with van der Waals surface area (Å²) in [6, 6.07) is 0. The largest absolute Gasteiger partial charge is 1.00 e. The summed E-state index contributed by atoms with van der Waals surface area (Å²) in [5.74, 6) is -0.376. The summed E-state index contributed by atoms with van der Waals surface area (Å²) in [6.45, 7) is 9.14. The van der Waals surface area contributed by atoms with Crippen molar-refractivity contribution < 1.29 is 50.8 Å². The van der Waals surface area contributed by atoms with E-state index in [9.17, 15) is 4.79 Å². The molecule has 0 saturated heterocycles. The van der Waals surface area contributed by atoms with Gasteiger partial charge in [0.25, 0.3) is 0 Å². The first-order valence-corrected chi connectivity index (χ1v) is 16.7. The zero-order chi connectivity index (χ0) is 13.5. The third-order valence-electron chi connectivity index (χ3n) is 3.25. The van der Waals surface area contributed by atoms with Gasteiger partial charge in [-0.1, -0.05) is 0 Å². The number of allylic oxidation sites excluding steroid dienone is 4. The van der Waals surface area contributed by atoms with Crippen molar-refractivity contribution in [3.63, 3.8) is 0 Å². The van der Waals surface area contributed by atoms with E-state index in [4.69, 9.17) is 0 Å². The fourth-order valence-electron chi connectivity index (χ4n) is 2.19. The van der Waals surface area contributed by atoms with Crippen LogP contribution in [-0.2, 0) is 26.0 Å². The molecule has 0 aromatic rings. The quantitative estimate of drug-likeness (QED) is 0.361. The smallest absolute Gasteiger partial charge is 1.00 e. The van der Waals surface area contributed by atoms with Crippen molar-refractivity contribution in [1.29, 1.82) is 0 Å². The number of amides is 1. The van der Waals surface area contributed by atoms with E-state index < -0.39 is 27.1 Å². The molecule has 1 rings (SSSR count). The summed E-state index contributed by atoms with van der Waals surface area (Å²) in [5, 5.41) is 0. The summed E-state index contributed by atoms with van der Waals surface area (Å²) in [6.07, 6.45) is 9.90. The summed E-state index contributed by atoms with van der Waals surface area (Å²) in [7, 11) is 0. The molecule has 20 heavy (non-hydrogen) atoms. The molecule has 0 unspecified atom stereocenters. The van der Waals surface area contributed by atoms with Crippen molar-refractivity contribution >= 4 is 11.8 Å². The average Bonchev–Trinajstić information content (AvgIpc) is 2.72. The van der Waals surface area contributed by atoms with Crippen LogP contribution >= 0.6 is 0 Å². The number of carbonyl (C=O) groups is 1. The second kappa shape index (κ2) is 12.2. The standard InChI is InChI=1S/C6H13NO.C6H7.C2H7Si.2ClH.Zr/c1-2-3-4-5-6(7)8;1-6-4-2-3-5-6;1-3-2;;;/h2-5H2,1H3,(H2,7,8);4-5H,2H2,1H3;3H,1-2H3;2*1H;/q;;;;;+3/p-3. The Labute approximate surface area is 145 Å². The summed E-state index contributed by atoms with van der Waals surface area (Å²) in [4.78, 5) is 12.0. The Morgan fingerprint density at radius 2 is 2.00 bits per heavy atom. The predicted molar refractivity (Wildman–Crippen MR) is 77.6 cm³/mol. The number of carbonyl (C=O) groups excluding carboxylic acids is 1. The molecule has 1 amide bonds. The van der Waals surface area contributed by atoms with Crippen molar-refractivity contribution in [3.05, 3.63) is 21.0 Å². The Balaban J connectivity index is 0.